The summed E-state index contributed by atoms with van der Waals surface area (Å²) in [5.74, 6) is 0. The molecular formula is C78H50N6O2P2. The van der Waals surface area contributed by atoms with Crippen molar-refractivity contribution in [1.82, 2.24) is 28.7 Å². The first-order chi connectivity index (χ1) is 43.4. The molecule has 0 aliphatic rings. The predicted molar refractivity (Wildman–Crippen MR) is 368 cm³/mol. The van der Waals surface area contributed by atoms with Crippen LogP contribution in [0.4, 0.5) is 0 Å². The van der Waals surface area contributed by atoms with Crippen molar-refractivity contribution in [3.05, 3.63) is 303 Å². The third kappa shape index (κ3) is 8.14. The number of para-hydroxylation sites is 3. The maximum Gasteiger partial charge on any atom is 0.206 e. The summed E-state index contributed by atoms with van der Waals surface area (Å²) in [5.41, 5.74) is 10.8. The van der Waals surface area contributed by atoms with E-state index in [-0.39, 0.29) is 0 Å². The van der Waals surface area contributed by atoms with E-state index in [1.54, 1.807) is 6.20 Å². The zero-order chi connectivity index (χ0) is 58.5. The first-order valence-electron chi connectivity index (χ1n) is 29.4. The highest BCUT2D eigenvalue weighted by atomic mass is 31.2. The van der Waals surface area contributed by atoms with Crippen LogP contribution in [0.3, 0.4) is 0 Å². The minimum Gasteiger partial charge on any atom is -0.309 e. The van der Waals surface area contributed by atoms with E-state index in [1.165, 1.54) is 32.3 Å². The van der Waals surface area contributed by atoms with Crippen molar-refractivity contribution < 1.29 is 9.13 Å². The average molecular weight is 1170 g/mol. The summed E-state index contributed by atoms with van der Waals surface area (Å²) >= 11 is 0. The first-order valence-corrected chi connectivity index (χ1v) is 32.8. The minimum absolute atomic E-state index is 0.322. The monoisotopic (exact) mass is 1160 g/mol. The summed E-state index contributed by atoms with van der Waals surface area (Å²) < 4.78 is 35.4. The lowest BCUT2D eigenvalue weighted by atomic mass is 10.0. The van der Waals surface area contributed by atoms with E-state index in [2.05, 4.69) is 165 Å². The van der Waals surface area contributed by atoms with Gasteiger partial charge in [-0.1, -0.05) is 218 Å². The molecular weight excluding hydrogens is 1110 g/mol. The molecule has 10 heteroatoms. The molecule has 5 aromatic heterocycles. The minimum atomic E-state index is -3.43. The van der Waals surface area contributed by atoms with E-state index in [4.69, 9.17) is 15.0 Å². The molecule has 2 atom stereocenters. The van der Waals surface area contributed by atoms with E-state index >= 15 is 9.13 Å². The predicted octanol–water partition coefficient (Wildman–Crippen LogP) is 16.8. The topological polar surface area (TPSA) is 94.5 Å². The summed E-state index contributed by atoms with van der Waals surface area (Å²) in [6, 6.07) is 101. The molecule has 0 bridgehead atoms. The van der Waals surface area contributed by atoms with Gasteiger partial charge in [0, 0.05) is 59.7 Å². The zero-order valence-corrected chi connectivity index (χ0v) is 49.1. The molecule has 88 heavy (non-hydrogen) atoms. The van der Waals surface area contributed by atoms with Gasteiger partial charge in [-0.2, -0.15) is 0 Å². The Bertz CT molecular complexity index is 5950. The summed E-state index contributed by atoms with van der Waals surface area (Å²) in [7, 11) is -6.66. The second-order valence-electron chi connectivity index (χ2n) is 22.4. The standard InChI is InChI=1S/C41H27N2OP.C37H23N4OP/c44-45(32-15-5-2-6-16-32,33-21-19-29(20-22-33)28-11-3-1-4-12-28)34-23-24-38-40(27-34)43-39-18-10-9-17-35(39)36-25-30-13-7-8-14-31(30)26-37(36)41(43)42-38;42-43(27-13-2-1-3-14-27,37-38-23-26-12-6-8-16-32(26)40-37)28-18-19-35-33(22-28)39-36-31-21-25-11-5-4-10-24(25)20-30(31)29-15-7-9-17-34(29)41(35)36/h1-27H;1-23H. The number of hydrogen-bond acceptors (Lipinski definition) is 6. The number of nitrogens with zero attached hydrogens (tertiary/aromatic N) is 6. The maximum atomic E-state index is 15.6. The van der Waals surface area contributed by atoms with E-state index in [0.29, 0.717) is 16.2 Å². The van der Waals surface area contributed by atoms with Crippen molar-refractivity contribution in [2.75, 3.05) is 0 Å². The largest absolute Gasteiger partial charge is 0.309 e. The van der Waals surface area contributed by atoms with Gasteiger partial charge in [0.2, 0.25) is 7.14 Å². The first kappa shape index (κ1) is 51.5. The molecule has 0 N–H and O–H groups in total. The number of benzene rings is 13. The third-order valence-electron chi connectivity index (χ3n) is 17.5. The Morgan fingerprint density at radius 3 is 1.30 bits per heavy atom. The average Bonchev–Trinajstić information content (AvgIpc) is 1.60. The molecule has 0 radical (unpaired) electrons. The van der Waals surface area contributed by atoms with Crippen LogP contribution in [0.25, 0.3) is 120 Å². The summed E-state index contributed by atoms with van der Waals surface area (Å²) in [4.78, 5) is 19.9. The van der Waals surface area contributed by atoms with Crippen LogP contribution in [-0.4, -0.2) is 28.7 Å². The van der Waals surface area contributed by atoms with Gasteiger partial charge >= 0.3 is 0 Å². The summed E-state index contributed by atoms with van der Waals surface area (Å²) in [6.07, 6.45) is 1.76. The number of rotatable bonds is 7. The Morgan fingerprint density at radius 1 is 0.261 bits per heavy atom. The van der Waals surface area contributed by atoms with Crippen LogP contribution in [0.5, 0.6) is 0 Å². The number of pyridine rings is 2. The Kier molecular flexibility index (Phi) is 11.9. The molecule has 18 aromatic rings. The van der Waals surface area contributed by atoms with Crippen LogP contribution in [-0.2, 0) is 9.13 Å². The highest BCUT2D eigenvalue weighted by Crippen LogP contribution is 2.46. The van der Waals surface area contributed by atoms with Crippen LogP contribution in [0.2, 0.25) is 0 Å². The Labute approximate surface area is 505 Å². The molecule has 8 nitrogen and oxygen atoms in total. The van der Waals surface area contributed by atoms with E-state index in [9.17, 15) is 0 Å². The Hall–Kier alpha value is -10.9. The zero-order valence-electron chi connectivity index (χ0n) is 47.3. The Balaban J connectivity index is 0.000000137. The molecule has 0 saturated heterocycles. The third-order valence-corrected chi connectivity index (χ3v) is 23.3. The number of aromatic nitrogens is 6. The van der Waals surface area contributed by atoms with Crippen molar-refractivity contribution in [2.24, 2.45) is 0 Å². The fraction of sp³-hybridized carbons (Fsp3) is 0. The molecule has 5 heterocycles. The smallest absolute Gasteiger partial charge is 0.206 e. The van der Waals surface area contributed by atoms with Crippen LogP contribution in [0.15, 0.2) is 303 Å². The quantitative estimate of drug-likeness (QED) is 0.0896. The van der Waals surface area contributed by atoms with Crippen LogP contribution < -0.4 is 32.1 Å². The molecule has 0 spiro atoms. The molecule has 0 amide bonds. The van der Waals surface area contributed by atoms with Gasteiger partial charge in [0.1, 0.15) is 11.3 Å². The second kappa shape index (κ2) is 20.4. The number of hydrogen-bond donors (Lipinski definition) is 0. The summed E-state index contributed by atoms with van der Waals surface area (Å²) in [6.45, 7) is 0. The fourth-order valence-electron chi connectivity index (χ4n) is 13.2. The normalized spacial score (nSPS) is 13.3. The van der Waals surface area contributed by atoms with Crippen LogP contribution in [0.1, 0.15) is 0 Å². The van der Waals surface area contributed by atoms with Crippen molar-refractivity contribution in [2.45, 2.75) is 0 Å². The molecule has 2 unspecified atom stereocenters. The molecule has 0 aliphatic carbocycles. The Morgan fingerprint density at radius 2 is 0.693 bits per heavy atom. The SMILES string of the molecule is O=P(c1ccccc1)(c1ccc(-c2ccccc2)cc1)c1ccc2nc3c4cc5ccccc5cc4c4ccccc4n3c2c1.O=P(c1ccccc1)(c1ccc2c(c1)nc1c3cc4ccccc4cc3c3ccccc3n21)c1ncc2ccccc2n1. The summed E-state index contributed by atoms with van der Waals surface area (Å²) in [5, 5.41) is 16.3. The second-order valence-corrected chi connectivity index (χ2v) is 27.9. The van der Waals surface area contributed by atoms with E-state index < -0.39 is 14.3 Å². The van der Waals surface area contributed by atoms with Crippen molar-refractivity contribution in [3.63, 3.8) is 0 Å². The maximum absolute atomic E-state index is 15.6. The molecule has 18 rings (SSSR count). The van der Waals surface area contributed by atoms with Crippen LogP contribution in [0, 0.1) is 0 Å². The van der Waals surface area contributed by atoms with Gasteiger partial charge in [-0.25, -0.2) is 19.9 Å². The highest BCUT2D eigenvalue weighted by Gasteiger charge is 2.35. The van der Waals surface area contributed by atoms with Gasteiger partial charge in [-0.05, 0) is 122 Å². The fourth-order valence-corrected chi connectivity index (χ4v) is 18.2. The van der Waals surface area contributed by atoms with Gasteiger partial charge in [-0.3, -0.25) is 8.80 Å². The molecule has 0 saturated carbocycles. The van der Waals surface area contributed by atoms with Crippen molar-refractivity contribution in [1.29, 1.82) is 0 Å². The molecule has 414 valence electrons. The van der Waals surface area contributed by atoms with Crippen molar-refractivity contribution >= 4 is 156 Å². The molecule has 0 aliphatic heterocycles. The van der Waals surface area contributed by atoms with Gasteiger partial charge in [-0.15, -0.1) is 0 Å². The van der Waals surface area contributed by atoms with E-state index in [0.717, 1.165) is 104 Å². The lowest BCUT2D eigenvalue weighted by Crippen LogP contribution is -2.29. The van der Waals surface area contributed by atoms with Crippen molar-refractivity contribution in [3.8, 4) is 11.1 Å². The van der Waals surface area contributed by atoms with Gasteiger partial charge in [0.25, 0.3) is 0 Å². The van der Waals surface area contributed by atoms with Crippen LogP contribution >= 0.6 is 14.3 Å². The van der Waals surface area contributed by atoms with Gasteiger partial charge in [0.15, 0.2) is 12.7 Å². The van der Waals surface area contributed by atoms with Gasteiger partial charge in [0.05, 0.1) is 38.6 Å². The highest BCUT2D eigenvalue weighted by molar-refractivity contribution is 7.85. The van der Waals surface area contributed by atoms with Gasteiger partial charge < -0.3 is 9.13 Å². The molecule has 0 fully saturated rings. The lowest BCUT2D eigenvalue weighted by Gasteiger charge is -2.20. The van der Waals surface area contributed by atoms with E-state index in [1.807, 2.05) is 146 Å². The number of fused-ring (bicyclic) bond motifs is 19. The molecule has 13 aromatic carbocycles. The number of imidazole rings is 2. The lowest BCUT2D eigenvalue weighted by molar-refractivity contribution is 0.591.